The first-order valence-electron chi connectivity index (χ1n) is 6.29. The number of aromatic nitrogens is 2. The van der Waals surface area contributed by atoms with Gasteiger partial charge >= 0.3 is 0 Å². The summed E-state index contributed by atoms with van der Waals surface area (Å²) in [5.41, 5.74) is 6.60. The molecule has 1 aromatic carbocycles. The number of hydrogen-bond acceptors (Lipinski definition) is 2. The third kappa shape index (κ3) is 3.38. The van der Waals surface area contributed by atoms with Gasteiger partial charge in [0.2, 0.25) is 0 Å². The fraction of sp³-hybridized carbons (Fsp3) is 0.357. The summed E-state index contributed by atoms with van der Waals surface area (Å²) in [5.74, 6) is -0.800. The van der Waals surface area contributed by atoms with E-state index in [-0.39, 0.29) is 6.04 Å². The summed E-state index contributed by atoms with van der Waals surface area (Å²) in [5, 5.41) is 0. The number of hydrogen-bond donors (Lipinski definition) is 1. The summed E-state index contributed by atoms with van der Waals surface area (Å²) in [4.78, 5) is 4.26. The van der Waals surface area contributed by atoms with Crippen molar-refractivity contribution in [1.29, 1.82) is 0 Å². The molecule has 0 radical (unpaired) electrons. The molecule has 0 amide bonds. The van der Waals surface area contributed by atoms with Crippen molar-refractivity contribution in [3.63, 3.8) is 0 Å². The molecule has 0 aliphatic heterocycles. The molecule has 0 aliphatic carbocycles. The average Bonchev–Trinajstić information content (AvgIpc) is 2.81. The third-order valence-electron chi connectivity index (χ3n) is 3.11. The number of nitrogens with zero attached hydrogens (tertiary/aromatic N) is 2. The number of nitrogens with two attached hydrogens (primary N) is 1. The summed E-state index contributed by atoms with van der Waals surface area (Å²) >= 11 is 0. The lowest BCUT2D eigenvalue weighted by atomic mass is 10.1. The highest BCUT2D eigenvalue weighted by Crippen LogP contribution is 2.12. The molecule has 0 saturated heterocycles. The molecule has 0 spiro atoms. The van der Waals surface area contributed by atoms with E-state index in [1.165, 1.54) is 6.07 Å². The lowest BCUT2D eigenvalue weighted by Crippen LogP contribution is -2.23. The van der Waals surface area contributed by atoms with Crippen LogP contribution in [-0.4, -0.2) is 15.6 Å². The lowest BCUT2D eigenvalue weighted by molar-refractivity contribution is 0.506. The first-order valence-corrected chi connectivity index (χ1v) is 6.29. The van der Waals surface area contributed by atoms with Crippen molar-refractivity contribution in [2.24, 2.45) is 5.73 Å². The van der Waals surface area contributed by atoms with Crippen LogP contribution in [-0.2, 0) is 13.0 Å². The Morgan fingerprint density at radius 1 is 1.32 bits per heavy atom. The van der Waals surface area contributed by atoms with E-state index in [1.807, 2.05) is 17.7 Å². The van der Waals surface area contributed by atoms with Gasteiger partial charge in [0.25, 0.3) is 0 Å². The molecule has 0 saturated carbocycles. The van der Waals surface area contributed by atoms with E-state index in [1.54, 1.807) is 12.3 Å². The van der Waals surface area contributed by atoms with Crippen molar-refractivity contribution in [2.75, 3.05) is 0 Å². The van der Waals surface area contributed by atoms with Crippen LogP contribution in [0.1, 0.15) is 24.7 Å². The highest BCUT2D eigenvalue weighted by atomic mass is 19.2. The van der Waals surface area contributed by atoms with Crippen LogP contribution in [0.3, 0.4) is 0 Å². The van der Waals surface area contributed by atoms with Crippen LogP contribution in [0.5, 0.6) is 0 Å². The van der Waals surface area contributed by atoms with Crippen LogP contribution in [0.15, 0.2) is 30.6 Å². The number of imidazole rings is 1. The van der Waals surface area contributed by atoms with Crippen molar-refractivity contribution in [3.05, 3.63) is 53.6 Å². The summed E-state index contributed by atoms with van der Waals surface area (Å²) in [6.07, 6.45) is 5.06. The molecule has 1 atom stereocenters. The molecular formula is C14H17F2N3. The number of halogens is 2. The molecule has 5 heteroatoms. The summed E-state index contributed by atoms with van der Waals surface area (Å²) in [6.45, 7) is 2.48. The molecule has 1 unspecified atom stereocenters. The zero-order chi connectivity index (χ0) is 13.8. The van der Waals surface area contributed by atoms with E-state index in [9.17, 15) is 8.78 Å². The van der Waals surface area contributed by atoms with E-state index in [0.717, 1.165) is 18.3 Å². The van der Waals surface area contributed by atoms with Crippen LogP contribution < -0.4 is 5.73 Å². The van der Waals surface area contributed by atoms with Gasteiger partial charge in [-0.1, -0.05) is 13.0 Å². The number of rotatable bonds is 5. The first kappa shape index (κ1) is 13.7. The molecule has 0 bridgehead atoms. The standard InChI is InChI=1S/C14H17F2N3/c1-2-11(17)8-14-18-5-6-19(14)9-10-3-4-12(15)13(16)7-10/h3-7,11H,2,8-9,17H2,1H3. The van der Waals surface area contributed by atoms with Gasteiger partial charge < -0.3 is 10.3 Å². The topological polar surface area (TPSA) is 43.8 Å². The van der Waals surface area contributed by atoms with E-state index in [4.69, 9.17) is 5.73 Å². The van der Waals surface area contributed by atoms with Crippen LogP contribution in [0.2, 0.25) is 0 Å². The second kappa shape index (κ2) is 5.93. The highest BCUT2D eigenvalue weighted by Gasteiger charge is 2.09. The second-order valence-corrected chi connectivity index (χ2v) is 4.59. The Balaban J connectivity index is 2.14. The zero-order valence-electron chi connectivity index (χ0n) is 10.8. The van der Waals surface area contributed by atoms with E-state index in [2.05, 4.69) is 4.98 Å². The fourth-order valence-corrected chi connectivity index (χ4v) is 1.89. The minimum Gasteiger partial charge on any atom is -0.330 e. The van der Waals surface area contributed by atoms with Gasteiger partial charge in [0.1, 0.15) is 5.82 Å². The van der Waals surface area contributed by atoms with E-state index < -0.39 is 11.6 Å². The second-order valence-electron chi connectivity index (χ2n) is 4.59. The van der Waals surface area contributed by atoms with Crippen molar-refractivity contribution in [2.45, 2.75) is 32.4 Å². The normalized spacial score (nSPS) is 12.6. The summed E-state index contributed by atoms with van der Waals surface area (Å²) < 4.78 is 27.9. The third-order valence-corrected chi connectivity index (χ3v) is 3.11. The van der Waals surface area contributed by atoms with Gasteiger partial charge in [-0.25, -0.2) is 13.8 Å². The van der Waals surface area contributed by atoms with Crippen LogP contribution >= 0.6 is 0 Å². The van der Waals surface area contributed by atoms with Crippen molar-refractivity contribution >= 4 is 0 Å². The minimum atomic E-state index is -0.831. The molecule has 2 N–H and O–H groups in total. The van der Waals surface area contributed by atoms with Gasteiger partial charge in [-0.3, -0.25) is 0 Å². The Morgan fingerprint density at radius 2 is 2.11 bits per heavy atom. The molecule has 1 heterocycles. The predicted octanol–water partition coefficient (Wildman–Crippen LogP) is 2.49. The fourth-order valence-electron chi connectivity index (χ4n) is 1.89. The monoisotopic (exact) mass is 265 g/mol. The highest BCUT2D eigenvalue weighted by molar-refractivity contribution is 5.18. The minimum absolute atomic E-state index is 0.0612. The Morgan fingerprint density at radius 3 is 2.79 bits per heavy atom. The van der Waals surface area contributed by atoms with Gasteiger partial charge in [0.05, 0.1) is 0 Å². The molecule has 0 aliphatic rings. The molecule has 19 heavy (non-hydrogen) atoms. The maximum absolute atomic E-state index is 13.2. The zero-order valence-corrected chi connectivity index (χ0v) is 10.8. The molecule has 2 aromatic rings. The number of benzene rings is 1. The maximum Gasteiger partial charge on any atom is 0.159 e. The van der Waals surface area contributed by atoms with Gasteiger partial charge in [0, 0.05) is 31.4 Å². The van der Waals surface area contributed by atoms with E-state index in [0.29, 0.717) is 18.5 Å². The van der Waals surface area contributed by atoms with Crippen molar-refractivity contribution in [1.82, 2.24) is 9.55 Å². The Hall–Kier alpha value is -1.75. The van der Waals surface area contributed by atoms with Crippen molar-refractivity contribution < 1.29 is 8.78 Å². The Labute approximate surface area is 111 Å². The largest absolute Gasteiger partial charge is 0.330 e. The van der Waals surface area contributed by atoms with Gasteiger partial charge in [-0.15, -0.1) is 0 Å². The Bertz CT molecular complexity index is 551. The van der Waals surface area contributed by atoms with Crippen LogP contribution in [0.4, 0.5) is 8.78 Å². The van der Waals surface area contributed by atoms with E-state index >= 15 is 0 Å². The predicted molar refractivity (Wildman–Crippen MR) is 69.7 cm³/mol. The molecule has 1 aromatic heterocycles. The molecular weight excluding hydrogens is 248 g/mol. The van der Waals surface area contributed by atoms with Crippen LogP contribution in [0, 0.1) is 11.6 Å². The van der Waals surface area contributed by atoms with Gasteiger partial charge in [-0.2, -0.15) is 0 Å². The molecule has 102 valence electrons. The SMILES string of the molecule is CCC(N)Cc1nccn1Cc1ccc(F)c(F)c1. The van der Waals surface area contributed by atoms with Crippen LogP contribution in [0.25, 0.3) is 0 Å². The smallest absolute Gasteiger partial charge is 0.159 e. The molecule has 0 fully saturated rings. The molecule has 2 rings (SSSR count). The van der Waals surface area contributed by atoms with Crippen molar-refractivity contribution in [3.8, 4) is 0 Å². The average molecular weight is 265 g/mol. The quantitative estimate of drug-likeness (QED) is 0.902. The lowest BCUT2D eigenvalue weighted by Gasteiger charge is -2.11. The maximum atomic E-state index is 13.2. The molecule has 3 nitrogen and oxygen atoms in total. The first-order chi connectivity index (χ1) is 9.10. The summed E-state index contributed by atoms with van der Waals surface area (Å²) in [7, 11) is 0. The van der Waals surface area contributed by atoms with Gasteiger partial charge in [0.15, 0.2) is 11.6 Å². The summed E-state index contributed by atoms with van der Waals surface area (Å²) in [6, 6.07) is 3.98. The Kier molecular flexibility index (Phi) is 4.27. The van der Waals surface area contributed by atoms with Gasteiger partial charge in [-0.05, 0) is 24.1 Å².